The van der Waals surface area contributed by atoms with Gasteiger partial charge in [0.15, 0.2) is 5.65 Å². The Hall–Kier alpha value is -4.28. The summed E-state index contributed by atoms with van der Waals surface area (Å²) in [4.78, 5) is 9.04. The Balaban J connectivity index is 1.20. The highest BCUT2D eigenvalue weighted by Gasteiger charge is 2.28. The van der Waals surface area contributed by atoms with Crippen LogP contribution in [0.4, 0.5) is 11.8 Å². The monoisotopic (exact) mass is 468 g/mol. The first-order valence-corrected chi connectivity index (χ1v) is 11.8. The zero-order valence-corrected chi connectivity index (χ0v) is 19.2. The van der Waals surface area contributed by atoms with E-state index >= 15 is 0 Å². The van der Waals surface area contributed by atoms with Crippen molar-refractivity contribution in [3.63, 3.8) is 0 Å². The van der Waals surface area contributed by atoms with Crippen LogP contribution >= 0.6 is 0 Å². The molecule has 0 saturated heterocycles. The lowest BCUT2D eigenvalue weighted by Gasteiger charge is -2.12. The lowest BCUT2D eigenvalue weighted by molar-refractivity contribution is 0.291. The minimum absolute atomic E-state index is 0.165. The van der Waals surface area contributed by atoms with E-state index in [1.165, 1.54) is 18.4 Å². The predicted octanol–water partition coefficient (Wildman–Crippen LogP) is 3.30. The fourth-order valence-electron chi connectivity index (χ4n) is 4.66. The van der Waals surface area contributed by atoms with Crippen molar-refractivity contribution in [3.05, 3.63) is 60.4 Å². The molecule has 5 aromatic rings. The molecule has 0 amide bonds. The zero-order chi connectivity index (χ0) is 23.4. The second kappa shape index (κ2) is 7.90. The Morgan fingerprint density at radius 1 is 1.09 bits per heavy atom. The minimum atomic E-state index is 0.165. The molecule has 1 aliphatic carbocycles. The van der Waals surface area contributed by atoms with Gasteiger partial charge in [-0.05, 0) is 42.9 Å². The minimum Gasteiger partial charge on any atom is -0.478 e. The van der Waals surface area contributed by atoms with Crippen LogP contribution in [0.15, 0.2) is 49.1 Å². The number of aromatic nitrogens is 9. The number of nitrogens with zero attached hydrogens (tertiary/aromatic N) is 9. The summed E-state index contributed by atoms with van der Waals surface area (Å²) >= 11 is 0. The van der Waals surface area contributed by atoms with Crippen LogP contribution in [0.5, 0.6) is 5.88 Å². The predicted molar refractivity (Wildman–Crippen MR) is 128 cm³/mol. The van der Waals surface area contributed by atoms with E-state index in [1.54, 1.807) is 17.1 Å². The molecule has 0 unspecified atom stereocenters. The van der Waals surface area contributed by atoms with Crippen LogP contribution in [0, 0.1) is 0 Å². The molecule has 5 aromatic heterocycles. The number of pyridine rings is 1. The van der Waals surface area contributed by atoms with Crippen molar-refractivity contribution < 1.29 is 4.74 Å². The molecule has 2 aliphatic rings. The number of anilines is 2. The maximum atomic E-state index is 6.18. The van der Waals surface area contributed by atoms with Gasteiger partial charge in [0.05, 0.1) is 31.2 Å². The number of hydrogen-bond acceptors (Lipinski definition) is 8. The van der Waals surface area contributed by atoms with E-state index in [-0.39, 0.29) is 5.92 Å². The molecule has 1 N–H and O–H groups in total. The summed E-state index contributed by atoms with van der Waals surface area (Å²) in [5.74, 6) is 3.79. The van der Waals surface area contributed by atoms with Gasteiger partial charge in [-0.25, -0.2) is 14.4 Å². The summed E-state index contributed by atoms with van der Waals surface area (Å²) in [5, 5.41) is 21.0. The van der Waals surface area contributed by atoms with Crippen molar-refractivity contribution in [1.82, 2.24) is 44.1 Å². The smallest absolute Gasteiger partial charge is 0.228 e. The maximum absolute atomic E-state index is 6.18. The molecule has 35 heavy (non-hydrogen) atoms. The molecule has 0 bridgehead atoms. The van der Waals surface area contributed by atoms with Crippen molar-refractivity contribution in [2.45, 2.75) is 37.6 Å². The lowest BCUT2D eigenvalue weighted by Crippen LogP contribution is -2.13. The number of ether oxygens (including phenoxy) is 1. The fourth-order valence-corrected chi connectivity index (χ4v) is 4.66. The number of rotatable bonds is 6. The van der Waals surface area contributed by atoms with Crippen LogP contribution in [0.2, 0.25) is 0 Å². The molecule has 1 aliphatic heterocycles. The third-order valence-electron chi connectivity index (χ3n) is 6.70. The molecule has 7 rings (SSSR count). The summed E-state index contributed by atoms with van der Waals surface area (Å²) in [6.07, 6.45) is 11.0. The van der Waals surface area contributed by atoms with E-state index < -0.39 is 0 Å². The van der Waals surface area contributed by atoms with E-state index in [9.17, 15) is 0 Å². The standard InChI is InChI=1S/C24H24N10O/c1-32-20(5-8-26-32)29-24-25-7-4-19(28-24)17-10-21-30-31-23-16(6-9-35-22(11-17)34(21)23)13-33-14-18(12-27-33)15-2-3-15/h4-5,7-8,10-12,14-16H,2-3,6,9,13H2,1H3,(H,25,28,29)/t16-/m0/s1. The molecular formula is C24H24N10O. The zero-order valence-electron chi connectivity index (χ0n) is 19.2. The van der Waals surface area contributed by atoms with Crippen LogP contribution in [0.25, 0.3) is 16.9 Å². The van der Waals surface area contributed by atoms with Crippen LogP contribution in [-0.4, -0.2) is 50.7 Å². The van der Waals surface area contributed by atoms with Gasteiger partial charge in [-0.2, -0.15) is 10.2 Å². The number of hydrogen-bond donors (Lipinski definition) is 1. The van der Waals surface area contributed by atoms with Gasteiger partial charge in [0.2, 0.25) is 11.8 Å². The highest BCUT2D eigenvalue weighted by atomic mass is 16.5. The van der Waals surface area contributed by atoms with Gasteiger partial charge in [0.25, 0.3) is 0 Å². The van der Waals surface area contributed by atoms with Gasteiger partial charge >= 0.3 is 0 Å². The Morgan fingerprint density at radius 3 is 2.89 bits per heavy atom. The van der Waals surface area contributed by atoms with Crippen molar-refractivity contribution >= 4 is 17.4 Å². The third kappa shape index (κ3) is 3.69. The van der Waals surface area contributed by atoms with Crippen molar-refractivity contribution in [3.8, 4) is 17.1 Å². The summed E-state index contributed by atoms with van der Waals surface area (Å²) in [7, 11) is 1.86. The summed E-state index contributed by atoms with van der Waals surface area (Å²) in [6.45, 7) is 1.35. The largest absolute Gasteiger partial charge is 0.478 e. The summed E-state index contributed by atoms with van der Waals surface area (Å²) in [6, 6.07) is 7.73. The van der Waals surface area contributed by atoms with E-state index in [2.05, 4.69) is 36.9 Å². The van der Waals surface area contributed by atoms with E-state index in [4.69, 9.17) is 9.72 Å². The molecule has 0 radical (unpaired) electrons. The van der Waals surface area contributed by atoms with Gasteiger partial charge in [0, 0.05) is 43.1 Å². The van der Waals surface area contributed by atoms with Crippen molar-refractivity contribution in [2.75, 3.05) is 11.9 Å². The molecule has 11 nitrogen and oxygen atoms in total. The molecule has 176 valence electrons. The molecule has 11 heteroatoms. The molecule has 1 atom stereocenters. The van der Waals surface area contributed by atoms with E-state index in [0.29, 0.717) is 18.5 Å². The molecule has 1 fully saturated rings. The van der Waals surface area contributed by atoms with Crippen molar-refractivity contribution in [1.29, 1.82) is 0 Å². The quantitative estimate of drug-likeness (QED) is 0.404. The second-order valence-corrected chi connectivity index (χ2v) is 9.17. The Labute approximate surface area is 200 Å². The SMILES string of the molecule is Cn1nccc1Nc1nccc(-c2cc3n4c(nnc4c2)[C@H](Cn2cc(C4CC4)cn2)CCO3)n1. The van der Waals surface area contributed by atoms with Gasteiger partial charge in [-0.1, -0.05) is 0 Å². The van der Waals surface area contributed by atoms with Crippen LogP contribution < -0.4 is 10.1 Å². The molecule has 6 heterocycles. The molecule has 1 saturated carbocycles. The van der Waals surface area contributed by atoms with Crippen LogP contribution in [0.3, 0.4) is 0 Å². The Morgan fingerprint density at radius 2 is 2.03 bits per heavy atom. The van der Waals surface area contributed by atoms with Gasteiger partial charge < -0.3 is 10.1 Å². The highest BCUT2D eigenvalue weighted by Crippen LogP contribution is 2.40. The molecule has 0 spiro atoms. The van der Waals surface area contributed by atoms with E-state index in [1.807, 2.05) is 46.6 Å². The fraction of sp³-hybridized carbons (Fsp3) is 0.333. The topological polar surface area (TPSA) is 113 Å². The van der Waals surface area contributed by atoms with Crippen LogP contribution in [-0.2, 0) is 13.6 Å². The van der Waals surface area contributed by atoms with Crippen molar-refractivity contribution in [2.24, 2.45) is 7.05 Å². The Kier molecular flexibility index (Phi) is 4.54. The normalized spacial score (nSPS) is 17.3. The second-order valence-electron chi connectivity index (χ2n) is 9.17. The van der Waals surface area contributed by atoms with Crippen LogP contribution in [0.1, 0.15) is 42.5 Å². The average Bonchev–Trinajstić information content (AvgIpc) is 3.31. The molecule has 0 aromatic carbocycles. The molecular weight excluding hydrogens is 444 g/mol. The first-order valence-electron chi connectivity index (χ1n) is 11.8. The summed E-state index contributed by atoms with van der Waals surface area (Å²) < 4.78 is 12.0. The van der Waals surface area contributed by atoms with Gasteiger partial charge in [-0.3, -0.25) is 9.36 Å². The number of nitrogens with one attached hydrogen (secondary N) is 1. The first-order chi connectivity index (χ1) is 17.2. The highest BCUT2D eigenvalue weighted by molar-refractivity contribution is 5.67. The van der Waals surface area contributed by atoms with Gasteiger partial charge in [-0.15, -0.1) is 10.2 Å². The number of aryl methyl sites for hydroxylation is 1. The van der Waals surface area contributed by atoms with E-state index in [0.717, 1.165) is 47.4 Å². The van der Waals surface area contributed by atoms with Gasteiger partial charge in [0.1, 0.15) is 11.6 Å². The summed E-state index contributed by atoms with van der Waals surface area (Å²) in [5.41, 5.74) is 3.73. The first kappa shape index (κ1) is 20.1. The Bertz CT molecular complexity index is 1530. The lowest BCUT2D eigenvalue weighted by atomic mass is 10.1. The maximum Gasteiger partial charge on any atom is 0.228 e. The third-order valence-corrected chi connectivity index (χ3v) is 6.70. The average molecular weight is 469 g/mol.